The molecule has 0 atom stereocenters. The molecule has 0 amide bonds. The van der Waals surface area contributed by atoms with Crippen molar-refractivity contribution < 1.29 is 9.47 Å². The number of rotatable bonds is 6. The summed E-state index contributed by atoms with van der Waals surface area (Å²) in [4.78, 5) is 0. The molecular weight excluding hydrogens is 176 g/mol. The van der Waals surface area contributed by atoms with Gasteiger partial charge in [-0.3, -0.25) is 0 Å². The Morgan fingerprint density at radius 2 is 1.29 bits per heavy atom. The van der Waals surface area contributed by atoms with Crippen molar-refractivity contribution in [2.24, 2.45) is 0 Å². The van der Waals surface area contributed by atoms with Gasteiger partial charge < -0.3 is 9.47 Å². The maximum absolute atomic E-state index is 5.20. The van der Waals surface area contributed by atoms with E-state index in [9.17, 15) is 0 Å². The molecule has 0 saturated heterocycles. The highest BCUT2D eigenvalue weighted by Gasteiger charge is 1.84. The van der Waals surface area contributed by atoms with Gasteiger partial charge in [0.05, 0.1) is 0 Å². The van der Waals surface area contributed by atoms with E-state index >= 15 is 0 Å². The highest BCUT2D eigenvalue weighted by atomic mass is 16.5. The summed E-state index contributed by atoms with van der Waals surface area (Å²) in [6, 6.07) is 0. The van der Waals surface area contributed by atoms with Gasteiger partial charge in [0, 0.05) is 26.9 Å². The van der Waals surface area contributed by atoms with E-state index in [4.69, 9.17) is 9.47 Å². The van der Waals surface area contributed by atoms with E-state index in [0.29, 0.717) is 0 Å². The van der Waals surface area contributed by atoms with Crippen molar-refractivity contribution in [2.45, 2.75) is 56.9 Å². The molecule has 0 heterocycles. The van der Waals surface area contributed by atoms with Crippen LogP contribution in [0, 0.1) is 0 Å². The number of ether oxygens (including phenoxy) is 2. The summed E-state index contributed by atoms with van der Waals surface area (Å²) in [6.07, 6.45) is 2.11. The van der Waals surface area contributed by atoms with Gasteiger partial charge in [0.25, 0.3) is 0 Å². The van der Waals surface area contributed by atoms with Crippen molar-refractivity contribution in [2.75, 3.05) is 26.9 Å². The molecule has 14 heavy (non-hydrogen) atoms. The lowest BCUT2D eigenvalue weighted by Crippen LogP contribution is -1.99. The van der Waals surface area contributed by atoms with E-state index in [1.807, 2.05) is 0 Å². The van der Waals surface area contributed by atoms with Crippen molar-refractivity contribution in [3.63, 3.8) is 0 Å². The molecule has 0 spiro atoms. The first-order valence-corrected chi connectivity index (χ1v) is 3.48. The zero-order chi connectivity index (χ0) is 6.95. The van der Waals surface area contributed by atoms with Crippen LogP contribution in [-0.4, -0.2) is 26.9 Å². The highest BCUT2D eigenvalue weighted by Crippen LogP contribution is 1.84. The van der Waals surface area contributed by atoms with E-state index in [0.717, 1.165) is 32.7 Å². The summed E-state index contributed by atoms with van der Waals surface area (Å²) in [5, 5.41) is 0. The molecule has 2 heteroatoms. The molecule has 0 radical (unpaired) electrons. The molecule has 96 valence electrons. The van der Waals surface area contributed by atoms with Crippen LogP contribution >= 0.6 is 0 Å². The van der Waals surface area contributed by atoms with E-state index in [-0.39, 0.29) is 37.1 Å². The van der Waals surface area contributed by atoms with Crippen LogP contribution in [0.1, 0.15) is 56.9 Å². The zero-order valence-corrected chi connectivity index (χ0v) is 6.35. The number of methoxy groups -OCH3 is 1. The van der Waals surface area contributed by atoms with E-state index in [1.165, 1.54) is 0 Å². The molecular formula is C12H36O2. The van der Waals surface area contributed by atoms with Crippen LogP contribution in [0.4, 0.5) is 0 Å². The Labute approximate surface area is 94.0 Å². The first kappa shape index (κ1) is 37.0. The summed E-state index contributed by atoms with van der Waals surface area (Å²) < 4.78 is 10.0. The van der Waals surface area contributed by atoms with Crippen LogP contribution in [0.5, 0.6) is 0 Å². The Bertz CT molecular complexity index is 41.6. The smallest absolute Gasteiger partial charge is 0.0487 e. The molecule has 0 N–H and O–H groups in total. The Morgan fingerprint density at radius 3 is 1.64 bits per heavy atom. The maximum Gasteiger partial charge on any atom is 0.0487 e. The molecule has 0 aromatic rings. The molecule has 0 fully saturated rings. The molecule has 0 aromatic heterocycles. The monoisotopic (exact) mass is 212 g/mol. The fourth-order valence-corrected chi connectivity index (χ4v) is 0.552. The average Bonchev–Trinajstić information content (AvgIpc) is 1.89. The molecule has 0 aliphatic rings. The van der Waals surface area contributed by atoms with Gasteiger partial charge in [0.1, 0.15) is 0 Å². The second kappa shape index (κ2) is 38.3. The zero-order valence-electron chi connectivity index (χ0n) is 6.35. The Hall–Kier alpha value is -0.0800. The second-order valence-corrected chi connectivity index (χ2v) is 1.96. The average molecular weight is 212 g/mol. The molecule has 0 unspecified atom stereocenters. The SMILES string of the molecule is C.C.C.C.C.CCCOCCCOC. The summed E-state index contributed by atoms with van der Waals surface area (Å²) in [6.45, 7) is 4.63. The van der Waals surface area contributed by atoms with Crippen LogP contribution < -0.4 is 0 Å². The molecule has 0 bridgehead atoms. The third-order valence-electron chi connectivity index (χ3n) is 0.986. The predicted molar refractivity (Wildman–Crippen MR) is 71.3 cm³/mol. The van der Waals surface area contributed by atoms with Crippen LogP contribution in [0.25, 0.3) is 0 Å². The van der Waals surface area contributed by atoms with Crippen molar-refractivity contribution in [1.29, 1.82) is 0 Å². The van der Waals surface area contributed by atoms with Crippen molar-refractivity contribution in [3.8, 4) is 0 Å². The van der Waals surface area contributed by atoms with Gasteiger partial charge in [-0.15, -0.1) is 0 Å². The fourth-order valence-electron chi connectivity index (χ4n) is 0.552. The van der Waals surface area contributed by atoms with E-state index < -0.39 is 0 Å². The lowest BCUT2D eigenvalue weighted by atomic mass is 10.5. The minimum Gasteiger partial charge on any atom is -0.385 e. The van der Waals surface area contributed by atoms with Gasteiger partial charge in [-0.2, -0.15) is 0 Å². The summed E-state index contributed by atoms with van der Waals surface area (Å²) in [5.74, 6) is 0. The third kappa shape index (κ3) is 40.6. The van der Waals surface area contributed by atoms with Crippen LogP contribution in [0.3, 0.4) is 0 Å². The first-order chi connectivity index (χ1) is 4.41. The summed E-state index contributed by atoms with van der Waals surface area (Å²) in [5.41, 5.74) is 0. The van der Waals surface area contributed by atoms with Crippen LogP contribution in [0.2, 0.25) is 0 Å². The number of hydrogen-bond donors (Lipinski definition) is 0. The first-order valence-electron chi connectivity index (χ1n) is 3.48. The summed E-state index contributed by atoms with van der Waals surface area (Å²) >= 11 is 0. The number of hydrogen-bond acceptors (Lipinski definition) is 2. The van der Waals surface area contributed by atoms with Gasteiger partial charge >= 0.3 is 0 Å². The van der Waals surface area contributed by atoms with E-state index in [2.05, 4.69) is 6.92 Å². The highest BCUT2D eigenvalue weighted by molar-refractivity contribution is 4.32. The van der Waals surface area contributed by atoms with E-state index in [1.54, 1.807) is 7.11 Å². The molecule has 0 rings (SSSR count). The minimum absolute atomic E-state index is 0. The largest absolute Gasteiger partial charge is 0.385 e. The summed E-state index contributed by atoms with van der Waals surface area (Å²) in [7, 11) is 1.71. The molecule has 0 aliphatic carbocycles. The van der Waals surface area contributed by atoms with Crippen molar-refractivity contribution >= 4 is 0 Å². The van der Waals surface area contributed by atoms with Gasteiger partial charge in [-0.1, -0.05) is 44.1 Å². The van der Waals surface area contributed by atoms with Gasteiger partial charge in [0.2, 0.25) is 0 Å². The van der Waals surface area contributed by atoms with Gasteiger partial charge in [-0.25, -0.2) is 0 Å². The predicted octanol–water partition coefficient (Wildman–Crippen LogP) is 4.63. The van der Waals surface area contributed by atoms with Crippen molar-refractivity contribution in [3.05, 3.63) is 0 Å². The Morgan fingerprint density at radius 1 is 0.786 bits per heavy atom. The maximum atomic E-state index is 5.20. The van der Waals surface area contributed by atoms with Crippen LogP contribution in [-0.2, 0) is 9.47 Å². The lowest BCUT2D eigenvalue weighted by molar-refractivity contribution is 0.103. The fraction of sp³-hybridized carbons (Fsp3) is 1.00. The van der Waals surface area contributed by atoms with Crippen LogP contribution in [0.15, 0.2) is 0 Å². The lowest BCUT2D eigenvalue weighted by Gasteiger charge is -1.99. The molecule has 0 aromatic carbocycles. The van der Waals surface area contributed by atoms with Crippen molar-refractivity contribution in [1.82, 2.24) is 0 Å². The molecule has 0 saturated carbocycles. The minimum atomic E-state index is 0. The normalized spacial score (nSPS) is 6.43. The molecule has 0 aliphatic heterocycles. The standard InChI is InChI=1S/C7H16O2.5CH4/c1-3-5-9-7-4-6-8-2;;;;;/h3-7H2,1-2H3;5*1H4. The van der Waals surface area contributed by atoms with Gasteiger partial charge in [0.15, 0.2) is 0 Å². The Balaban J connectivity index is -0.0000000320. The second-order valence-electron chi connectivity index (χ2n) is 1.96. The Kier molecular flexibility index (Phi) is 101. The topological polar surface area (TPSA) is 18.5 Å². The molecule has 2 nitrogen and oxygen atoms in total. The third-order valence-corrected chi connectivity index (χ3v) is 0.986. The van der Waals surface area contributed by atoms with Gasteiger partial charge in [-0.05, 0) is 12.8 Å². The quantitative estimate of drug-likeness (QED) is 0.598.